The van der Waals surface area contributed by atoms with Crippen LogP contribution in [0.25, 0.3) is 0 Å². The Bertz CT molecular complexity index is 710. The Morgan fingerprint density at radius 2 is 2.20 bits per heavy atom. The van der Waals surface area contributed by atoms with Gasteiger partial charge in [0.2, 0.25) is 0 Å². The monoisotopic (exact) mass is 289 g/mol. The number of rotatable bonds is 4. The second kappa shape index (κ2) is 5.83. The quantitative estimate of drug-likeness (QED) is 0.858. The molecule has 2 rings (SSSR count). The van der Waals surface area contributed by atoms with Gasteiger partial charge in [0.1, 0.15) is 10.7 Å². The maximum absolute atomic E-state index is 11.9. The molecule has 6 heteroatoms. The minimum atomic E-state index is -0.159. The van der Waals surface area contributed by atoms with E-state index in [4.69, 9.17) is 22.7 Å². The van der Waals surface area contributed by atoms with Crippen LogP contribution >= 0.6 is 12.2 Å². The largest absolute Gasteiger partial charge is 0.496 e. The maximum atomic E-state index is 11.9. The standard InChI is InChI=1S/C14H15N3O2S/c1-9-5-13(18)17(16-7-9)8-11-6-10(14(15)20)3-4-12(11)19-2/h3-7H,8H2,1-2H3,(H2,15,20). The number of aryl methyl sites for hydroxylation is 1. The molecule has 2 aromatic rings. The average molecular weight is 289 g/mol. The predicted molar refractivity (Wildman–Crippen MR) is 81.2 cm³/mol. The van der Waals surface area contributed by atoms with Gasteiger partial charge >= 0.3 is 0 Å². The van der Waals surface area contributed by atoms with Crippen molar-refractivity contribution < 1.29 is 4.74 Å². The number of nitrogens with zero attached hydrogens (tertiary/aromatic N) is 2. The third kappa shape index (κ3) is 3.03. The Morgan fingerprint density at radius 1 is 1.45 bits per heavy atom. The smallest absolute Gasteiger partial charge is 0.267 e. The van der Waals surface area contributed by atoms with Gasteiger partial charge in [0, 0.05) is 17.2 Å². The van der Waals surface area contributed by atoms with Crippen molar-refractivity contribution in [3.05, 3.63) is 57.5 Å². The number of hydrogen-bond donors (Lipinski definition) is 1. The van der Waals surface area contributed by atoms with Crippen LogP contribution in [0.3, 0.4) is 0 Å². The highest BCUT2D eigenvalue weighted by Crippen LogP contribution is 2.20. The number of hydrogen-bond acceptors (Lipinski definition) is 4. The summed E-state index contributed by atoms with van der Waals surface area (Å²) in [6.07, 6.45) is 1.64. The first kappa shape index (κ1) is 14.2. The van der Waals surface area contributed by atoms with Gasteiger partial charge in [-0.25, -0.2) is 4.68 Å². The Labute approximate surface area is 122 Å². The fourth-order valence-electron chi connectivity index (χ4n) is 1.86. The summed E-state index contributed by atoms with van der Waals surface area (Å²) < 4.78 is 6.66. The lowest BCUT2D eigenvalue weighted by molar-refractivity contribution is 0.406. The molecule has 1 heterocycles. The molecule has 0 radical (unpaired) electrons. The van der Waals surface area contributed by atoms with Crippen LogP contribution in [0, 0.1) is 6.92 Å². The maximum Gasteiger partial charge on any atom is 0.267 e. The van der Waals surface area contributed by atoms with Gasteiger partial charge in [-0.2, -0.15) is 5.10 Å². The average Bonchev–Trinajstić information content (AvgIpc) is 2.41. The molecule has 0 unspecified atom stereocenters. The van der Waals surface area contributed by atoms with Crippen LogP contribution < -0.4 is 16.0 Å². The molecule has 2 N–H and O–H groups in total. The van der Waals surface area contributed by atoms with Crippen molar-refractivity contribution in [3.63, 3.8) is 0 Å². The number of benzene rings is 1. The van der Waals surface area contributed by atoms with Gasteiger partial charge in [0.15, 0.2) is 0 Å². The lowest BCUT2D eigenvalue weighted by Crippen LogP contribution is -2.23. The lowest BCUT2D eigenvalue weighted by atomic mass is 10.1. The van der Waals surface area contributed by atoms with Crippen molar-refractivity contribution in [3.8, 4) is 5.75 Å². The molecule has 0 aliphatic rings. The van der Waals surface area contributed by atoms with E-state index in [9.17, 15) is 4.79 Å². The van der Waals surface area contributed by atoms with Crippen LogP contribution in [0.15, 0.2) is 35.3 Å². The fraction of sp³-hybridized carbons (Fsp3) is 0.214. The van der Waals surface area contributed by atoms with E-state index >= 15 is 0 Å². The van der Waals surface area contributed by atoms with Crippen LogP contribution in [0.1, 0.15) is 16.7 Å². The molecule has 0 atom stereocenters. The summed E-state index contributed by atoms with van der Waals surface area (Å²) >= 11 is 4.96. The minimum Gasteiger partial charge on any atom is -0.496 e. The molecular formula is C14H15N3O2S. The molecule has 0 saturated carbocycles. The summed E-state index contributed by atoms with van der Waals surface area (Å²) in [5, 5.41) is 4.11. The second-order valence-electron chi connectivity index (χ2n) is 4.42. The molecular weight excluding hydrogens is 274 g/mol. The number of nitrogens with two attached hydrogens (primary N) is 1. The molecule has 0 aliphatic heterocycles. The number of thiocarbonyl (C=S) groups is 1. The molecule has 1 aromatic carbocycles. The van der Waals surface area contributed by atoms with Crippen LogP contribution in [0.5, 0.6) is 5.75 Å². The highest BCUT2D eigenvalue weighted by molar-refractivity contribution is 7.80. The first-order valence-corrected chi connectivity index (χ1v) is 6.42. The van der Waals surface area contributed by atoms with Gasteiger partial charge < -0.3 is 10.5 Å². The summed E-state index contributed by atoms with van der Waals surface area (Å²) in [7, 11) is 1.57. The third-order valence-electron chi connectivity index (χ3n) is 2.89. The van der Waals surface area contributed by atoms with Gasteiger partial charge in [-0.1, -0.05) is 12.2 Å². The molecule has 20 heavy (non-hydrogen) atoms. The SMILES string of the molecule is COc1ccc(C(N)=S)cc1Cn1ncc(C)cc1=O. The highest BCUT2D eigenvalue weighted by Gasteiger charge is 2.08. The summed E-state index contributed by atoms with van der Waals surface area (Å²) in [5.41, 5.74) is 7.83. The predicted octanol–water partition coefficient (Wildman–Crippen LogP) is 1.24. The summed E-state index contributed by atoms with van der Waals surface area (Å²) in [6, 6.07) is 6.92. The lowest BCUT2D eigenvalue weighted by Gasteiger charge is -2.11. The van der Waals surface area contributed by atoms with Gasteiger partial charge in [0.25, 0.3) is 5.56 Å². The van der Waals surface area contributed by atoms with Crippen LogP contribution in [0.2, 0.25) is 0 Å². The van der Waals surface area contributed by atoms with Crippen LogP contribution in [-0.4, -0.2) is 21.9 Å². The first-order chi connectivity index (χ1) is 9.51. The molecule has 0 saturated heterocycles. The molecule has 0 bridgehead atoms. The van der Waals surface area contributed by atoms with E-state index in [0.29, 0.717) is 17.3 Å². The Morgan fingerprint density at radius 3 is 2.80 bits per heavy atom. The van der Waals surface area contributed by atoms with Crippen molar-refractivity contribution in [1.82, 2.24) is 9.78 Å². The van der Waals surface area contributed by atoms with E-state index < -0.39 is 0 Å². The topological polar surface area (TPSA) is 70.1 Å². The van der Waals surface area contributed by atoms with Crippen LogP contribution in [0.4, 0.5) is 0 Å². The first-order valence-electron chi connectivity index (χ1n) is 6.01. The molecule has 0 spiro atoms. The number of ether oxygens (including phenoxy) is 1. The van der Waals surface area contributed by atoms with Crippen molar-refractivity contribution in [2.24, 2.45) is 5.73 Å². The fourth-order valence-corrected chi connectivity index (χ4v) is 1.99. The van der Waals surface area contributed by atoms with Gasteiger partial charge in [-0.05, 0) is 30.7 Å². The van der Waals surface area contributed by atoms with Crippen LogP contribution in [-0.2, 0) is 6.54 Å². The zero-order chi connectivity index (χ0) is 14.7. The summed E-state index contributed by atoms with van der Waals surface area (Å²) in [5.74, 6) is 0.666. The van der Waals surface area contributed by atoms with E-state index in [1.807, 2.05) is 13.0 Å². The number of aromatic nitrogens is 2. The minimum absolute atomic E-state index is 0.159. The van der Waals surface area contributed by atoms with Crippen molar-refractivity contribution in [2.45, 2.75) is 13.5 Å². The Kier molecular flexibility index (Phi) is 4.14. The molecule has 0 amide bonds. The zero-order valence-corrected chi connectivity index (χ0v) is 12.1. The van der Waals surface area contributed by atoms with Gasteiger partial charge in [0.05, 0.1) is 19.9 Å². The van der Waals surface area contributed by atoms with E-state index in [2.05, 4.69) is 5.10 Å². The van der Waals surface area contributed by atoms with Crippen molar-refractivity contribution in [1.29, 1.82) is 0 Å². The molecule has 0 aliphatic carbocycles. The summed E-state index contributed by atoms with van der Waals surface area (Å²) in [4.78, 5) is 12.2. The van der Waals surface area contributed by atoms with E-state index in [1.165, 1.54) is 10.7 Å². The van der Waals surface area contributed by atoms with Gasteiger partial charge in [-0.15, -0.1) is 0 Å². The Hall–Kier alpha value is -2.21. The number of methoxy groups -OCH3 is 1. The van der Waals surface area contributed by atoms with E-state index in [1.54, 1.807) is 25.4 Å². The third-order valence-corrected chi connectivity index (χ3v) is 3.13. The molecule has 0 fully saturated rings. The summed E-state index contributed by atoms with van der Waals surface area (Å²) in [6.45, 7) is 2.13. The highest BCUT2D eigenvalue weighted by atomic mass is 32.1. The molecule has 1 aromatic heterocycles. The molecule has 104 valence electrons. The zero-order valence-electron chi connectivity index (χ0n) is 11.3. The van der Waals surface area contributed by atoms with Crippen molar-refractivity contribution >= 4 is 17.2 Å². The van der Waals surface area contributed by atoms with E-state index in [0.717, 1.165) is 16.7 Å². The molecule has 5 nitrogen and oxygen atoms in total. The van der Waals surface area contributed by atoms with E-state index in [-0.39, 0.29) is 5.56 Å². The second-order valence-corrected chi connectivity index (χ2v) is 4.86. The van der Waals surface area contributed by atoms with Gasteiger partial charge in [-0.3, -0.25) is 4.79 Å². The van der Waals surface area contributed by atoms with Crippen molar-refractivity contribution in [2.75, 3.05) is 7.11 Å². The normalized spacial score (nSPS) is 10.3. The Balaban J connectivity index is 2.43.